The van der Waals surface area contributed by atoms with Crippen LogP contribution in [-0.4, -0.2) is 80.9 Å². The fourth-order valence-electron chi connectivity index (χ4n) is 4.41. The maximum absolute atomic E-state index is 15.8. The van der Waals surface area contributed by atoms with Gasteiger partial charge in [0, 0.05) is 17.2 Å². The normalized spacial score (nSPS) is 28.5. The molecular formula is C22H33FN7O10P. The van der Waals surface area contributed by atoms with Gasteiger partial charge in [0.15, 0.2) is 18.0 Å². The van der Waals surface area contributed by atoms with E-state index < -0.39 is 91.4 Å². The predicted molar refractivity (Wildman–Crippen MR) is 138 cm³/mol. The zero-order valence-electron chi connectivity index (χ0n) is 23.1. The number of halogens is 1. The smallest absolute Gasteiger partial charge is 0.342 e. The van der Waals surface area contributed by atoms with Crippen LogP contribution in [-0.2, 0) is 32.9 Å². The molecule has 0 aromatic carbocycles. The first-order chi connectivity index (χ1) is 19.0. The first-order valence-corrected chi connectivity index (χ1v) is 14.3. The molecule has 2 fully saturated rings. The SMILES string of the molecule is CC(C)OC(=O)[C@H](C)NP(=O)(N[C@@H](C)C(=O)OC(C)C)OC1[C@@]2(CN=[N+]=[N-])O[C@@H](n3ccc(=O)[nH]c3=O)[C@H](F)[C@@]12O. The molecule has 19 heteroatoms. The van der Waals surface area contributed by atoms with Crippen molar-refractivity contribution in [2.24, 2.45) is 5.11 Å². The molecule has 3 rings (SSSR count). The summed E-state index contributed by atoms with van der Waals surface area (Å²) in [6, 6.07) is -1.66. The Morgan fingerprint density at radius 3 is 2.20 bits per heavy atom. The second kappa shape index (κ2) is 12.0. The number of carbonyl (C=O) groups is 2. The monoisotopic (exact) mass is 605 g/mol. The van der Waals surface area contributed by atoms with E-state index in [1.807, 2.05) is 4.98 Å². The maximum atomic E-state index is 15.8. The number of rotatable bonds is 13. The van der Waals surface area contributed by atoms with Gasteiger partial charge in [-0.3, -0.25) is 33.0 Å². The molecule has 228 valence electrons. The second-order valence-corrected chi connectivity index (χ2v) is 12.1. The summed E-state index contributed by atoms with van der Waals surface area (Å²) in [7, 11) is -4.58. The fourth-order valence-corrected chi connectivity index (χ4v) is 6.47. The van der Waals surface area contributed by atoms with E-state index in [1.54, 1.807) is 27.7 Å². The quantitative estimate of drug-likeness (QED) is 0.0793. The lowest BCUT2D eigenvalue weighted by Gasteiger charge is -2.29. The van der Waals surface area contributed by atoms with Gasteiger partial charge < -0.3 is 19.3 Å². The number of alkyl halides is 1. The van der Waals surface area contributed by atoms with E-state index in [0.717, 1.165) is 12.3 Å². The standard InChI is InChI=1S/C22H33FN7O10P/c1-10(2)37-17(32)12(5)27-41(36,28-13(6)18(33)38-11(3)4)40-19-21(9-25-29-24)22(19,35)15(23)16(39-21)30-8-7-14(31)26-20(30)34/h7-8,10-13,15-16,19,35H,9H2,1-6H3,(H,26,31,34)(H2,27,28,36)/t12-,13-,15-,16+,19?,21+,22+/m0/s1. The number of fused-ring (bicyclic) bond motifs is 1. The molecule has 2 heterocycles. The Balaban J connectivity index is 1.96. The van der Waals surface area contributed by atoms with Crippen molar-refractivity contribution in [3.63, 3.8) is 0 Å². The van der Waals surface area contributed by atoms with Crippen LogP contribution in [0.2, 0.25) is 0 Å². The highest BCUT2D eigenvalue weighted by molar-refractivity contribution is 7.54. The van der Waals surface area contributed by atoms with Crippen molar-refractivity contribution >= 4 is 19.6 Å². The van der Waals surface area contributed by atoms with Crippen LogP contribution in [0, 0.1) is 0 Å². The highest BCUT2D eigenvalue weighted by Crippen LogP contribution is 2.68. The van der Waals surface area contributed by atoms with Crippen LogP contribution in [0.3, 0.4) is 0 Å². The largest absolute Gasteiger partial charge is 0.462 e. The number of hydrogen-bond donors (Lipinski definition) is 4. The summed E-state index contributed by atoms with van der Waals surface area (Å²) in [4.78, 5) is 53.1. The van der Waals surface area contributed by atoms with E-state index in [2.05, 4.69) is 20.2 Å². The number of aliphatic hydroxyl groups is 1. The van der Waals surface area contributed by atoms with Gasteiger partial charge in [0.1, 0.15) is 23.8 Å². The van der Waals surface area contributed by atoms with E-state index in [-0.39, 0.29) is 0 Å². The molecule has 1 unspecified atom stereocenters. The van der Waals surface area contributed by atoms with Gasteiger partial charge in [0.05, 0.1) is 18.8 Å². The Labute approximate surface area is 232 Å². The summed E-state index contributed by atoms with van der Waals surface area (Å²) in [5.41, 5.74) is 2.32. The molecule has 1 saturated carbocycles. The highest BCUT2D eigenvalue weighted by Gasteiger charge is 2.89. The number of nitrogens with one attached hydrogen (secondary N) is 3. The number of hydrogen-bond acceptors (Lipinski definition) is 11. The molecule has 1 saturated heterocycles. The topological polar surface area (TPSA) is 236 Å². The summed E-state index contributed by atoms with van der Waals surface area (Å²) in [5, 5.41) is 19.6. The van der Waals surface area contributed by atoms with E-state index in [9.17, 15) is 28.8 Å². The van der Waals surface area contributed by atoms with E-state index in [4.69, 9.17) is 24.3 Å². The minimum atomic E-state index is -4.58. The number of ether oxygens (including phenoxy) is 3. The first-order valence-electron chi connectivity index (χ1n) is 12.6. The minimum absolute atomic E-state index is 0.524. The molecule has 0 bridgehead atoms. The minimum Gasteiger partial charge on any atom is -0.462 e. The summed E-state index contributed by atoms with van der Waals surface area (Å²) in [6.45, 7) is 8.22. The van der Waals surface area contributed by atoms with Gasteiger partial charge in [-0.2, -0.15) is 0 Å². The molecule has 41 heavy (non-hydrogen) atoms. The maximum Gasteiger partial charge on any atom is 0.342 e. The number of carbonyl (C=O) groups excluding carboxylic acids is 2. The van der Waals surface area contributed by atoms with Gasteiger partial charge in [-0.1, -0.05) is 5.11 Å². The van der Waals surface area contributed by atoms with Crippen LogP contribution in [0.15, 0.2) is 27.0 Å². The molecule has 17 nitrogen and oxygen atoms in total. The average molecular weight is 606 g/mol. The fraction of sp³-hybridized carbons (Fsp3) is 0.727. The number of aromatic amines is 1. The average Bonchev–Trinajstić information content (AvgIpc) is 3.24. The van der Waals surface area contributed by atoms with Gasteiger partial charge in [0.25, 0.3) is 5.56 Å². The van der Waals surface area contributed by atoms with Gasteiger partial charge in [-0.25, -0.2) is 19.4 Å². The van der Waals surface area contributed by atoms with Crippen molar-refractivity contribution in [3.05, 3.63) is 43.5 Å². The van der Waals surface area contributed by atoms with Gasteiger partial charge in [-0.05, 0) is 47.1 Å². The lowest BCUT2D eigenvalue weighted by molar-refractivity contribution is -0.149. The lowest BCUT2D eigenvalue weighted by atomic mass is 10.1. The highest BCUT2D eigenvalue weighted by atomic mass is 31.2. The van der Waals surface area contributed by atoms with E-state index in [0.29, 0.717) is 4.57 Å². The van der Waals surface area contributed by atoms with Crippen LogP contribution < -0.4 is 21.4 Å². The Morgan fingerprint density at radius 2 is 1.73 bits per heavy atom. The number of aromatic nitrogens is 2. The third-order valence-electron chi connectivity index (χ3n) is 6.31. The van der Waals surface area contributed by atoms with E-state index in [1.165, 1.54) is 13.8 Å². The first kappa shape index (κ1) is 32.4. The van der Waals surface area contributed by atoms with E-state index >= 15 is 4.39 Å². The van der Waals surface area contributed by atoms with Crippen molar-refractivity contribution in [3.8, 4) is 0 Å². The molecule has 0 spiro atoms. The summed E-state index contributed by atoms with van der Waals surface area (Å²) < 4.78 is 52.1. The third kappa shape index (κ3) is 6.38. The summed E-state index contributed by atoms with van der Waals surface area (Å²) in [5.74, 6) is -1.67. The summed E-state index contributed by atoms with van der Waals surface area (Å²) in [6.07, 6.45) is -6.11. The van der Waals surface area contributed by atoms with Crippen molar-refractivity contribution in [1.82, 2.24) is 19.7 Å². The molecule has 1 aromatic heterocycles. The van der Waals surface area contributed by atoms with Crippen LogP contribution in [0.4, 0.5) is 4.39 Å². The molecule has 0 amide bonds. The Morgan fingerprint density at radius 1 is 1.20 bits per heavy atom. The molecule has 4 N–H and O–H groups in total. The molecule has 1 aliphatic carbocycles. The molecule has 1 aliphatic heterocycles. The van der Waals surface area contributed by atoms with Crippen molar-refractivity contribution < 1.29 is 42.4 Å². The van der Waals surface area contributed by atoms with Crippen molar-refractivity contribution in [1.29, 1.82) is 0 Å². The van der Waals surface area contributed by atoms with Gasteiger partial charge in [-0.15, -0.1) is 0 Å². The van der Waals surface area contributed by atoms with Crippen LogP contribution in [0.1, 0.15) is 47.8 Å². The summed E-state index contributed by atoms with van der Waals surface area (Å²) >= 11 is 0. The lowest BCUT2D eigenvalue weighted by Crippen LogP contribution is -2.45. The molecule has 7 atom stereocenters. The number of azide groups is 1. The molecule has 0 radical (unpaired) electrons. The predicted octanol–water partition coefficient (Wildman–Crippen LogP) is 0.550. The number of nitrogens with zero attached hydrogens (tertiary/aromatic N) is 4. The van der Waals surface area contributed by atoms with Crippen LogP contribution >= 0.6 is 7.67 Å². The zero-order valence-corrected chi connectivity index (χ0v) is 24.0. The molecular weight excluding hydrogens is 572 g/mol. The van der Waals surface area contributed by atoms with Gasteiger partial charge in [0.2, 0.25) is 0 Å². The third-order valence-corrected chi connectivity index (χ3v) is 8.27. The Bertz CT molecular complexity index is 1350. The Kier molecular flexibility index (Phi) is 9.50. The second-order valence-electron chi connectivity index (χ2n) is 10.2. The number of H-pyrrole nitrogens is 1. The van der Waals surface area contributed by atoms with Gasteiger partial charge >= 0.3 is 25.3 Å². The zero-order chi connectivity index (χ0) is 30.9. The van der Waals surface area contributed by atoms with Crippen LogP contribution in [0.5, 0.6) is 0 Å². The Hall–Kier alpha value is -3.11. The molecule has 2 aliphatic rings. The van der Waals surface area contributed by atoms with Crippen LogP contribution in [0.25, 0.3) is 10.4 Å². The molecule has 1 aromatic rings. The van der Waals surface area contributed by atoms with Crippen molar-refractivity contribution in [2.45, 2.75) is 95.5 Å². The number of esters is 2. The van der Waals surface area contributed by atoms with Crippen molar-refractivity contribution in [2.75, 3.05) is 6.54 Å².